The summed E-state index contributed by atoms with van der Waals surface area (Å²) in [6.07, 6.45) is 5.57. The first-order chi connectivity index (χ1) is 12.1. The molecule has 0 bridgehead atoms. The fraction of sp³-hybridized carbons (Fsp3) is 0.500. The van der Waals surface area contributed by atoms with E-state index in [1.165, 1.54) is 24.8 Å². The average molecular weight is 338 g/mol. The maximum atomic E-state index is 5.67. The number of hydrogen-bond donors (Lipinski definition) is 1. The molecule has 3 nitrogen and oxygen atoms in total. The van der Waals surface area contributed by atoms with Crippen molar-refractivity contribution in [3.63, 3.8) is 0 Å². The number of aromatic nitrogens is 1. The Hall–Kier alpha value is -2.03. The Morgan fingerprint density at radius 1 is 1.08 bits per heavy atom. The molecular weight excluding hydrogens is 308 g/mol. The minimum Gasteiger partial charge on any atom is -0.477 e. The number of nitrogens with one attached hydrogen (secondary N) is 1. The van der Waals surface area contributed by atoms with Crippen LogP contribution in [0.3, 0.4) is 0 Å². The molecule has 1 heterocycles. The summed E-state index contributed by atoms with van der Waals surface area (Å²) < 4.78 is 5.67. The lowest BCUT2D eigenvalue weighted by Gasteiger charge is -2.34. The van der Waals surface area contributed by atoms with Crippen LogP contribution in [-0.2, 0) is 0 Å². The molecule has 3 heteroatoms. The monoisotopic (exact) mass is 338 g/mol. The topological polar surface area (TPSA) is 34.1 Å². The molecular formula is C22H30N2O. The van der Waals surface area contributed by atoms with Crippen molar-refractivity contribution in [2.45, 2.75) is 52.0 Å². The lowest BCUT2D eigenvalue weighted by atomic mass is 9.76. The molecule has 1 saturated carbocycles. The van der Waals surface area contributed by atoms with Gasteiger partial charge < -0.3 is 10.1 Å². The summed E-state index contributed by atoms with van der Waals surface area (Å²) in [6, 6.07) is 15.5. The van der Waals surface area contributed by atoms with Gasteiger partial charge in [-0.1, -0.05) is 51.1 Å². The van der Waals surface area contributed by atoms with Gasteiger partial charge in [0.25, 0.3) is 0 Å². The average Bonchev–Trinajstić information content (AvgIpc) is 2.61. The molecule has 0 spiro atoms. The minimum atomic E-state index is 0.498. The summed E-state index contributed by atoms with van der Waals surface area (Å²) >= 11 is 0. The molecule has 25 heavy (non-hydrogen) atoms. The third kappa shape index (κ3) is 5.22. The summed E-state index contributed by atoms with van der Waals surface area (Å²) in [6.45, 7) is 7.36. The fourth-order valence-corrected chi connectivity index (χ4v) is 3.76. The van der Waals surface area contributed by atoms with Gasteiger partial charge in [0.1, 0.15) is 0 Å². The van der Waals surface area contributed by atoms with Gasteiger partial charge >= 0.3 is 0 Å². The predicted octanol–water partition coefficient (Wildman–Crippen LogP) is 5.50. The second-order valence-corrected chi connectivity index (χ2v) is 7.85. The minimum absolute atomic E-state index is 0.498. The van der Waals surface area contributed by atoms with Crippen LogP contribution in [0.25, 0.3) is 0 Å². The molecule has 1 aliphatic carbocycles. The smallest absolute Gasteiger partial charge is 0.213 e. The number of ether oxygens (including phenoxy) is 1. The van der Waals surface area contributed by atoms with Gasteiger partial charge in [-0.3, -0.25) is 0 Å². The van der Waals surface area contributed by atoms with Crippen LogP contribution in [0.15, 0.2) is 48.7 Å². The standard InChI is InChI=1S/C22H30N2O/c1-16(2)15-25-22-10-9-20(14-23-22)24-21-12-17(3)11-19(13-21)18-7-5-4-6-8-18/h4-10,14,16-17,19,21,24H,11-13,15H2,1-3H3. The Bertz CT molecular complexity index is 639. The first kappa shape index (κ1) is 17.8. The van der Waals surface area contributed by atoms with Gasteiger partial charge in [-0.15, -0.1) is 0 Å². The highest BCUT2D eigenvalue weighted by molar-refractivity contribution is 5.43. The normalized spacial score (nSPS) is 23.4. The number of benzene rings is 1. The molecule has 3 atom stereocenters. The van der Waals surface area contributed by atoms with Gasteiger partial charge in [-0.2, -0.15) is 0 Å². The Labute approximate surface area is 151 Å². The first-order valence-corrected chi connectivity index (χ1v) is 9.50. The lowest BCUT2D eigenvalue weighted by molar-refractivity contribution is 0.261. The molecule has 0 radical (unpaired) electrons. The van der Waals surface area contributed by atoms with Crippen LogP contribution in [0.5, 0.6) is 5.88 Å². The second-order valence-electron chi connectivity index (χ2n) is 7.85. The number of rotatable bonds is 6. The number of nitrogens with zero attached hydrogens (tertiary/aromatic N) is 1. The maximum absolute atomic E-state index is 5.67. The van der Waals surface area contributed by atoms with Crippen molar-refractivity contribution >= 4 is 5.69 Å². The fourth-order valence-electron chi connectivity index (χ4n) is 3.76. The van der Waals surface area contributed by atoms with Gasteiger partial charge in [-0.25, -0.2) is 4.98 Å². The van der Waals surface area contributed by atoms with E-state index in [0.717, 1.165) is 11.6 Å². The molecule has 0 amide bonds. The van der Waals surface area contributed by atoms with E-state index in [1.54, 1.807) is 0 Å². The van der Waals surface area contributed by atoms with E-state index in [-0.39, 0.29) is 0 Å². The number of hydrogen-bond acceptors (Lipinski definition) is 3. The molecule has 0 saturated heterocycles. The Balaban J connectivity index is 1.60. The highest BCUT2D eigenvalue weighted by Crippen LogP contribution is 2.37. The largest absolute Gasteiger partial charge is 0.477 e. The van der Waals surface area contributed by atoms with E-state index in [9.17, 15) is 0 Å². The quantitative estimate of drug-likeness (QED) is 0.755. The SMILES string of the molecule is CC(C)COc1ccc(NC2CC(C)CC(c3ccccc3)C2)cn1. The van der Waals surface area contributed by atoms with E-state index < -0.39 is 0 Å². The van der Waals surface area contributed by atoms with Crippen molar-refractivity contribution in [3.05, 3.63) is 54.2 Å². The lowest BCUT2D eigenvalue weighted by Crippen LogP contribution is -2.30. The highest BCUT2D eigenvalue weighted by Gasteiger charge is 2.27. The molecule has 2 aromatic rings. The number of anilines is 1. The molecule has 1 N–H and O–H groups in total. The first-order valence-electron chi connectivity index (χ1n) is 9.50. The van der Waals surface area contributed by atoms with E-state index in [1.807, 2.05) is 12.3 Å². The zero-order valence-electron chi connectivity index (χ0n) is 15.6. The summed E-state index contributed by atoms with van der Waals surface area (Å²) in [7, 11) is 0. The third-order valence-corrected chi connectivity index (χ3v) is 4.89. The van der Waals surface area contributed by atoms with Crippen molar-refractivity contribution in [3.8, 4) is 5.88 Å². The van der Waals surface area contributed by atoms with Gasteiger partial charge in [0.2, 0.25) is 5.88 Å². The van der Waals surface area contributed by atoms with Crippen molar-refractivity contribution < 1.29 is 4.74 Å². The molecule has 1 aromatic heterocycles. The van der Waals surface area contributed by atoms with Crippen LogP contribution in [0.2, 0.25) is 0 Å². The summed E-state index contributed by atoms with van der Waals surface area (Å²) in [5.41, 5.74) is 2.55. The van der Waals surface area contributed by atoms with Gasteiger partial charge in [0.15, 0.2) is 0 Å². The summed E-state index contributed by atoms with van der Waals surface area (Å²) in [5.74, 6) is 2.60. The summed E-state index contributed by atoms with van der Waals surface area (Å²) in [5, 5.41) is 3.69. The zero-order chi connectivity index (χ0) is 17.6. The van der Waals surface area contributed by atoms with Crippen molar-refractivity contribution in [2.75, 3.05) is 11.9 Å². The number of pyridine rings is 1. The van der Waals surface area contributed by atoms with Gasteiger partial charge in [0, 0.05) is 12.1 Å². The molecule has 134 valence electrons. The third-order valence-electron chi connectivity index (χ3n) is 4.89. The van der Waals surface area contributed by atoms with E-state index in [0.29, 0.717) is 30.4 Å². The van der Waals surface area contributed by atoms with Gasteiger partial charge in [0.05, 0.1) is 18.5 Å². The van der Waals surface area contributed by atoms with Crippen molar-refractivity contribution in [2.24, 2.45) is 11.8 Å². The van der Waals surface area contributed by atoms with E-state index in [4.69, 9.17) is 4.74 Å². The predicted molar refractivity (Wildman–Crippen MR) is 104 cm³/mol. The van der Waals surface area contributed by atoms with E-state index in [2.05, 4.69) is 67.5 Å². The van der Waals surface area contributed by atoms with Crippen LogP contribution in [0.4, 0.5) is 5.69 Å². The second kappa shape index (κ2) is 8.37. The Morgan fingerprint density at radius 2 is 1.88 bits per heavy atom. The molecule has 0 aliphatic heterocycles. The van der Waals surface area contributed by atoms with Crippen LogP contribution in [-0.4, -0.2) is 17.6 Å². The molecule has 3 rings (SSSR count). The Morgan fingerprint density at radius 3 is 2.56 bits per heavy atom. The molecule has 1 aliphatic rings. The van der Waals surface area contributed by atoms with Crippen LogP contribution in [0.1, 0.15) is 51.5 Å². The molecule has 3 unspecified atom stereocenters. The molecule has 1 aromatic carbocycles. The molecule has 1 fully saturated rings. The Kier molecular flexibility index (Phi) is 5.95. The van der Waals surface area contributed by atoms with Crippen LogP contribution < -0.4 is 10.1 Å². The van der Waals surface area contributed by atoms with E-state index >= 15 is 0 Å². The maximum Gasteiger partial charge on any atom is 0.213 e. The van der Waals surface area contributed by atoms with Crippen LogP contribution in [0, 0.1) is 11.8 Å². The highest BCUT2D eigenvalue weighted by atomic mass is 16.5. The van der Waals surface area contributed by atoms with Crippen molar-refractivity contribution in [1.29, 1.82) is 0 Å². The van der Waals surface area contributed by atoms with Crippen molar-refractivity contribution in [1.82, 2.24) is 4.98 Å². The van der Waals surface area contributed by atoms with Gasteiger partial charge in [-0.05, 0) is 48.6 Å². The zero-order valence-corrected chi connectivity index (χ0v) is 15.6. The summed E-state index contributed by atoms with van der Waals surface area (Å²) in [4.78, 5) is 4.43. The van der Waals surface area contributed by atoms with Crippen LogP contribution >= 0.6 is 0 Å².